The van der Waals surface area contributed by atoms with E-state index in [0.717, 1.165) is 5.56 Å². The predicted octanol–water partition coefficient (Wildman–Crippen LogP) is 3.10. The molecule has 2 amide bonds. The third kappa shape index (κ3) is 5.33. The molecule has 2 unspecified atom stereocenters. The SMILES string of the molecule is COc1cc2c(cc1C(=O)N1CC(C)N(Cc3ccc(F)cc3)CC1C)c(C(=O)C(=O)N1CCOCC1)cn2C. The largest absolute Gasteiger partial charge is 0.496 e. The van der Waals surface area contributed by atoms with E-state index >= 15 is 0 Å². The van der Waals surface area contributed by atoms with Gasteiger partial charge >= 0.3 is 0 Å². The second kappa shape index (κ2) is 11.4. The molecule has 2 fully saturated rings. The van der Waals surface area contributed by atoms with Crippen molar-refractivity contribution in [2.45, 2.75) is 32.5 Å². The number of aryl methyl sites for hydroxylation is 1. The summed E-state index contributed by atoms with van der Waals surface area (Å²) in [5.41, 5.74) is 2.31. The summed E-state index contributed by atoms with van der Waals surface area (Å²) in [5, 5.41) is 0.536. The van der Waals surface area contributed by atoms with Crippen LogP contribution < -0.4 is 4.74 Å². The zero-order chi connectivity index (χ0) is 28.6. The molecule has 5 rings (SSSR count). The van der Waals surface area contributed by atoms with E-state index < -0.39 is 11.7 Å². The van der Waals surface area contributed by atoms with E-state index in [1.54, 1.807) is 42.1 Å². The highest BCUT2D eigenvalue weighted by Gasteiger charge is 2.34. The van der Waals surface area contributed by atoms with Crippen LogP contribution in [0.1, 0.15) is 40.1 Å². The molecule has 212 valence electrons. The van der Waals surface area contributed by atoms with Gasteiger partial charge in [-0.1, -0.05) is 12.1 Å². The molecule has 2 aromatic carbocycles. The van der Waals surface area contributed by atoms with Crippen molar-refractivity contribution < 1.29 is 28.2 Å². The fourth-order valence-electron chi connectivity index (χ4n) is 5.63. The Labute approximate surface area is 233 Å². The number of carbonyl (C=O) groups is 3. The van der Waals surface area contributed by atoms with Crippen LogP contribution in [0.4, 0.5) is 4.39 Å². The lowest BCUT2D eigenvalue weighted by atomic mass is 10.0. The molecule has 2 aliphatic heterocycles. The first-order valence-corrected chi connectivity index (χ1v) is 13.6. The number of nitrogens with zero attached hydrogens (tertiary/aromatic N) is 4. The number of ether oxygens (including phenoxy) is 2. The topological polar surface area (TPSA) is 84.3 Å². The van der Waals surface area contributed by atoms with Gasteiger partial charge in [0.2, 0.25) is 0 Å². The Morgan fingerprint density at radius 2 is 1.70 bits per heavy atom. The number of hydrogen-bond acceptors (Lipinski definition) is 6. The number of amides is 2. The van der Waals surface area contributed by atoms with E-state index in [1.165, 1.54) is 24.1 Å². The molecule has 3 aromatic rings. The first kappa shape index (κ1) is 27.8. The molecule has 2 saturated heterocycles. The molecule has 0 saturated carbocycles. The fraction of sp³-hybridized carbons (Fsp3) is 0.433. The minimum absolute atomic E-state index is 0.0694. The maximum absolute atomic E-state index is 14.0. The van der Waals surface area contributed by atoms with Crippen molar-refractivity contribution in [3.63, 3.8) is 0 Å². The smallest absolute Gasteiger partial charge is 0.295 e. The Morgan fingerprint density at radius 3 is 2.38 bits per heavy atom. The van der Waals surface area contributed by atoms with Crippen LogP contribution in [0.25, 0.3) is 10.9 Å². The Morgan fingerprint density at radius 1 is 1.00 bits per heavy atom. The maximum atomic E-state index is 14.0. The van der Waals surface area contributed by atoms with Gasteiger partial charge in [-0.25, -0.2) is 4.39 Å². The summed E-state index contributed by atoms with van der Waals surface area (Å²) < 4.78 is 26.1. The molecule has 0 N–H and O–H groups in total. The first-order chi connectivity index (χ1) is 19.2. The van der Waals surface area contributed by atoms with Gasteiger partial charge in [0.15, 0.2) is 0 Å². The highest BCUT2D eigenvalue weighted by molar-refractivity contribution is 6.45. The van der Waals surface area contributed by atoms with Crippen molar-refractivity contribution in [3.8, 4) is 5.75 Å². The molecule has 2 aliphatic rings. The van der Waals surface area contributed by atoms with Crippen LogP contribution >= 0.6 is 0 Å². The van der Waals surface area contributed by atoms with Crippen molar-refractivity contribution in [2.75, 3.05) is 46.5 Å². The number of hydrogen-bond donors (Lipinski definition) is 0. The summed E-state index contributed by atoms with van der Waals surface area (Å²) in [6, 6.07) is 9.89. The van der Waals surface area contributed by atoms with Gasteiger partial charge in [-0.3, -0.25) is 19.3 Å². The van der Waals surface area contributed by atoms with Crippen molar-refractivity contribution >= 4 is 28.5 Å². The quantitative estimate of drug-likeness (QED) is 0.347. The lowest BCUT2D eigenvalue weighted by Crippen LogP contribution is -2.57. The van der Waals surface area contributed by atoms with E-state index in [1.807, 2.05) is 11.8 Å². The van der Waals surface area contributed by atoms with Gasteiger partial charge in [-0.2, -0.15) is 0 Å². The first-order valence-electron chi connectivity index (χ1n) is 13.6. The number of halogens is 1. The molecule has 0 bridgehead atoms. The van der Waals surface area contributed by atoms with Gasteiger partial charge in [0, 0.05) is 69.5 Å². The molecular formula is C30H35FN4O5. The van der Waals surface area contributed by atoms with Crippen LogP contribution in [-0.4, -0.2) is 95.5 Å². The number of fused-ring (bicyclic) bond motifs is 1. The molecule has 2 atom stereocenters. The maximum Gasteiger partial charge on any atom is 0.295 e. The number of methoxy groups -OCH3 is 1. The number of carbonyl (C=O) groups excluding carboxylic acids is 3. The van der Waals surface area contributed by atoms with Crippen LogP contribution in [0, 0.1) is 5.82 Å². The van der Waals surface area contributed by atoms with E-state index in [-0.39, 0.29) is 29.4 Å². The minimum Gasteiger partial charge on any atom is -0.496 e. The second-order valence-electron chi connectivity index (χ2n) is 10.7. The number of ketones is 1. The lowest BCUT2D eigenvalue weighted by Gasteiger charge is -2.44. The van der Waals surface area contributed by atoms with E-state index in [9.17, 15) is 18.8 Å². The number of rotatable bonds is 6. The van der Waals surface area contributed by atoms with Crippen LogP contribution in [0.2, 0.25) is 0 Å². The van der Waals surface area contributed by atoms with Crippen LogP contribution in [0.3, 0.4) is 0 Å². The fourth-order valence-corrected chi connectivity index (χ4v) is 5.63. The van der Waals surface area contributed by atoms with Gasteiger partial charge in [0.1, 0.15) is 11.6 Å². The van der Waals surface area contributed by atoms with Crippen LogP contribution in [-0.2, 0) is 23.1 Å². The van der Waals surface area contributed by atoms with Gasteiger partial charge < -0.3 is 23.8 Å². The summed E-state index contributed by atoms with van der Waals surface area (Å²) in [6.45, 7) is 7.43. The van der Waals surface area contributed by atoms with Gasteiger partial charge in [-0.05, 0) is 37.6 Å². The zero-order valence-corrected chi connectivity index (χ0v) is 23.4. The zero-order valence-electron chi connectivity index (χ0n) is 23.4. The Kier molecular flexibility index (Phi) is 7.91. The summed E-state index contributed by atoms with van der Waals surface area (Å²) in [5.74, 6) is -1.22. The van der Waals surface area contributed by atoms with Crippen molar-refractivity contribution in [3.05, 3.63) is 65.1 Å². The monoisotopic (exact) mass is 550 g/mol. The Hall–Kier alpha value is -3.76. The molecule has 0 aliphatic carbocycles. The predicted molar refractivity (Wildman–Crippen MR) is 148 cm³/mol. The van der Waals surface area contributed by atoms with Crippen molar-refractivity contribution in [1.29, 1.82) is 0 Å². The standard InChI is InChI=1S/C30H35FN4O5/c1-19-16-35(20(2)15-34(19)17-21-5-7-22(31)8-6-21)29(37)24-13-23-25(18-32(3)26(23)14-27(24)39-4)28(36)30(38)33-9-11-40-12-10-33/h5-8,13-14,18-20H,9-12,15-17H2,1-4H3. The number of piperazine rings is 1. The van der Waals surface area contributed by atoms with E-state index in [4.69, 9.17) is 9.47 Å². The average Bonchev–Trinajstić information content (AvgIpc) is 3.29. The number of aromatic nitrogens is 1. The normalized spacial score (nSPS) is 20.1. The number of morpholine rings is 1. The molecule has 0 spiro atoms. The molecule has 9 nitrogen and oxygen atoms in total. The molecule has 0 radical (unpaired) electrons. The molecule has 40 heavy (non-hydrogen) atoms. The van der Waals surface area contributed by atoms with Gasteiger partial charge in [-0.15, -0.1) is 0 Å². The summed E-state index contributed by atoms with van der Waals surface area (Å²) in [7, 11) is 3.31. The minimum atomic E-state index is -0.604. The molecular weight excluding hydrogens is 515 g/mol. The van der Waals surface area contributed by atoms with E-state index in [0.29, 0.717) is 68.2 Å². The van der Waals surface area contributed by atoms with Crippen LogP contribution in [0.5, 0.6) is 5.75 Å². The highest BCUT2D eigenvalue weighted by atomic mass is 19.1. The molecule has 3 heterocycles. The average molecular weight is 551 g/mol. The summed E-state index contributed by atoms with van der Waals surface area (Å²) in [4.78, 5) is 45.9. The Bertz CT molecular complexity index is 1430. The summed E-state index contributed by atoms with van der Waals surface area (Å²) in [6.07, 6.45) is 1.64. The second-order valence-corrected chi connectivity index (χ2v) is 10.7. The molecule has 1 aromatic heterocycles. The van der Waals surface area contributed by atoms with E-state index in [2.05, 4.69) is 11.8 Å². The third-order valence-electron chi connectivity index (χ3n) is 7.95. The number of benzene rings is 2. The molecule has 10 heteroatoms. The highest BCUT2D eigenvalue weighted by Crippen LogP contribution is 2.32. The third-order valence-corrected chi connectivity index (χ3v) is 7.95. The van der Waals surface area contributed by atoms with Crippen molar-refractivity contribution in [1.82, 2.24) is 19.3 Å². The Balaban J connectivity index is 1.41. The van der Waals surface area contributed by atoms with Crippen molar-refractivity contribution in [2.24, 2.45) is 7.05 Å². The van der Waals surface area contributed by atoms with Gasteiger partial charge in [0.05, 0.1) is 37.0 Å². The lowest BCUT2D eigenvalue weighted by molar-refractivity contribution is -0.130. The number of Topliss-reactive ketones (excluding diaryl/α,β-unsaturated/α-hetero) is 1. The van der Waals surface area contributed by atoms with Gasteiger partial charge in [0.25, 0.3) is 17.6 Å². The summed E-state index contributed by atoms with van der Waals surface area (Å²) >= 11 is 0. The van der Waals surface area contributed by atoms with Crippen LogP contribution in [0.15, 0.2) is 42.6 Å².